The number of anilines is 2. The van der Waals surface area contributed by atoms with Crippen molar-refractivity contribution in [2.75, 3.05) is 10.6 Å². The third kappa shape index (κ3) is 3.46. The molecular formula is C18H24N4O2S. The van der Waals surface area contributed by atoms with E-state index in [1.54, 1.807) is 4.68 Å². The average Bonchev–Trinajstić information content (AvgIpc) is 3.16. The lowest BCUT2D eigenvalue weighted by atomic mass is 9.96. The Hall–Kier alpha value is -2.15. The van der Waals surface area contributed by atoms with Crippen molar-refractivity contribution in [3.05, 3.63) is 27.8 Å². The van der Waals surface area contributed by atoms with Gasteiger partial charge < -0.3 is 10.6 Å². The van der Waals surface area contributed by atoms with E-state index in [9.17, 15) is 9.59 Å². The lowest BCUT2D eigenvalue weighted by molar-refractivity contribution is -0.123. The summed E-state index contributed by atoms with van der Waals surface area (Å²) in [4.78, 5) is 25.5. The Balaban J connectivity index is 1.78. The zero-order chi connectivity index (χ0) is 18.4. The van der Waals surface area contributed by atoms with Crippen LogP contribution in [0.3, 0.4) is 0 Å². The largest absolute Gasteiger partial charge is 0.317 e. The van der Waals surface area contributed by atoms with Crippen LogP contribution in [-0.4, -0.2) is 21.6 Å². The summed E-state index contributed by atoms with van der Waals surface area (Å²) >= 11 is 1.30. The number of amides is 2. The number of fused-ring (bicyclic) bond motifs is 1. The summed E-state index contributed by atoms with van der Waals surface area (Å²) in [7, 11) is 1.85. The first-order valence-corrected chi connectivity index (χ1v) is 9.26. The van der Waals surface area contributed by atoms with E-state index in [-0.39, 0.29) is 11.8 Å². The van der Waals surface area contributed by atoms with Gasteiger partial charge in [0.15, 0.2) is 0 Å². The Morgan fingerprint density at radius 2 is 1.96 bits per heavy atom. The second kappa shape index (κ2) is 6.29. The molecule has 2 aromatic rings. The quantitative estimate of drug-likeness (QED) is 0.879. The SMILES string of the molecule is Cc1cc(NC(=O)C(C)(C)C)sc1C(=O)Nc1c2c(nn1C)CCC2. The average molecular weight is 360 g/mol. The topological polar surface area (TPSA) is 76.0 Å². The maximum atomic E-state index is 12.7. The first-order chi connectivity index (χ1) is 11.7. The Bertz CT molecular complexity index is 842. The minimum Gasteiger partial charge on any atom is -0.317 e. The second-order valence-corrected chi connectivity index (χ2v) is 8.58. The molecule has 1 aliphatic rings. The van der Waals surface area contributed by atoms with Crippen molar-refractivity contribution in [1.82, 2.24) is 9.78 Å². The molecule has 2 N–H and O–H groups in total. The van der Waals surface area contributed by atoms with Crippen LogP contribution in [0.2, 0.25) is 0 Å². The third-order valence-electron chi connectivity index (χ3n) is 4.34. The summed E-state index contributed by atoms with van der Waals surface area (Å²) in [6.07, 6.45) is 3.01. The number of nitrogens with zero attached hydrogens (tertiary/aromatic N) is 2. The lowest BCUT2D eigenvalue weighted by Gasteiger charge is -2.16. The zero-order valence-electron chi connectivity index (χ0n) is 15.3. The monoisotopic (exact) mass is 360 g/mol. The number of carbonyl (C=O) groups excluding carboxylic acids is 2. The molecule has 0 radical (unpaired) electrons. The number of hydrogen-bond acceptors (Lipinski definition) is 4. The minimum atomic E-state index is -0.477. The van der Waals surface area contributed by atoms with E-state index in [0.29, 0.717) is 9.88 Å². The molecule has 25 heavy (non-hydrogen) atoms. The van der Waals surface area contributed by atoms with E-state index < -0.39 is 5.41 Å². The molecule has 1 aliphatic carbocycles. The molecule has 0 spiro atoms. The molecule has 2 amide bonds. The summed E-state index contributed by atoms with van der Waals surface area (Å²) in [5.41, 5.74) is 2.60. The van der Waals surface area contributed by atoms with E-state index >= 15 is 0 Å². The molecule has 0 aliphatic heterocycles. The van der Waals surface area contributed by atoms with Crippen LogP contribution in [0.1, 0.15) is 53.7 Å². The van der Waals surface area contributed by atoms with Crippen molar-refractivity contribution >= 4 is 34.0 Å². The molecule has 6 nitrogen and oxygen atoms in total. The first-order valence-electron chi connectivity index (χ1n) is 8.45. The smallest absolute Gasteiger partial charge is 0.267 e. The van der Waals surface area contributed by atoms with Gasteiger partial charge in [0, 0.05) is 18.0 Å². The highest BCUT2D eigenvalue weighted by Crippen LogP contribution is 2.31. The van der Waals surface area contributed by atoms with E-state index in [2.05, 4.69) is 15.7 Å². The Kier molecular flexibility index (Phi) is 4.45. The van der Waals surface area contributed by atoms with Gasteiger partial charge in [-0.2, -0.15) is 5.10 Å². The molecule has 0 saturated heterocycles. The second-order valence-electron chi connectivity index (χ2n) is 7.53. The van der Waals surface area contributed by atoms with Crippen molar-refractivity contribution in [3.8, 4) is 0 Å². The van der Waals surface area contributed by atoms with Crippen molar-refractivity contribution in [2.24, 2.45) is 12.5 Å². The van der Waals surface area contributed by atoms with Gasteiger partial charge >= 0.3 is 0 Å². The molecule has 3 rings (SSSR count). The van der Waals surface area contributed by atoms with Gasteiger partial charge in [0.1, 0.15) is 5.82 Å². The molecule has 2 heterocycles. The number of aromatic nitrogens is 2. The number of hydrogen-bond donors (Lipinski definition) is 2. The molecule has 0 aromatic carbocycles. The molecule has 2 aromatic heterocycles. The fourth-order valence-corrected chi connectivity index (χ4v) is 3.87. The van der Waals surface area contributed by atoms with Crippen LogP contribution in [0.15, 0.2) is 6.07 Å². The third-order valence-corrected chi connectivity index (χ3v) is 5.49. The molecule has 0 atom stereocenters. The van der Waals surface area contributed by atoms with Crippen LogP contribution >= 0.6 is 11.3 Å². The van der Waals surface area contributed by atoms with Gasteiger partial charge in [-0.25, -0.2) is 0 Å². The van der Waals surface area contributed by atoms with Gasteiger partial charge in [0.05, 0.1) is 15.6 Å². The number of rotatable bonds is 3. The van der Waals surface area contributed by atoms with E-state index in [1.807, 2.05) is 40.8 Å². The van der Waals surface area contributed by atoms with E-state index in [1.165, 1.54) is 11.3 Å². The maximum Gasteiger partial charge on any atom is 0.267 e. The summed E-state index contributed by atoms with van der Waals surface area (Å²) in [6, 6.07) is 1.84. The Labute approximate surface area is 151 Å². The standard InChI is InChI=1S/C18H24N4O2S/c1-10-9-13(19-17(24)18(2,3)4)25-14(10)16(23)20-15-11-7-6-8-12(11)21-22(15)5/h9H,6-8H2,1-5H3,(H,19,24)(H,20,23). The van der Waals surface area contributed by atoms with Gasteiger partial charge in [-0.3, -0.25) is 14.3 Å². The molecule has 0 saturated carbocycles. The highest BCUT2D eigenvalue weighted by atomic mass is 32.1. The van der Waals surface area contributed by atoms with Crippen molar-refractivity contribution < 1.29 is 9.59 Å². The summed E-state index contributed by atoms with van der Waals surface area (Å²) in [5.74, 6) is 0.562. The lowest BCUT2D eigenvalue weighted by Crippen LogP contribution is -2.27. The van der Waals surface area contributed by atoms with Crippen molar-refractivity contribution in [3.63, 3.8) is 0 Å². The van der Waals surface area contributed by atoms with Crippen LogP contribution < -0.4 is 10.6 Å². The molecular weight excluding hydrogens is 336 g/mol. The fourth-order valence-electron chi connectivity index (χ4n) is 2.91. The predicted octanol–water partition coefficient (Wildman–Crippen LogP) is 3.52. The highest BCUT2D eigenvalue weighted by Gasteiger charge is 2.25. The minimum absolute atomic E-state index is 0.0647. The fraction of sp³-hybridized carbons (Fsp3) is 0.500. The number of carbonyl (C=O) groups is 2. The molecule has 7 heteroatoms. The van der Waals surface area contributed by atoms with Crippen molar-refractivity contribution in [1.29, 1.82) is 0 Å². The Morgan fingerprint density at radius 3 is 2.64 bits per heavy atom. The predicted molar refractivity (Wildman–Crippen MR) is 100 cm³/mol. The Morgan fingerprint density at radius 1 is 1.24 bits per heavy atom. The number of thiophene rings is 1. The maximum absolute atomic E-state index is 12.7. The van der Waals surface area contributed by atoms with Gasteiger partial charge in [-0.15, -0.1) is 11.3 Å². The number of nitrogens with one attached hydrogen (secondary N) is 2. The van der Waals surface area contributed by atoms with Crippen molar-refractivity contribution in [2.45, 2.75) is 47.0 Å². The normalized spacial score (nSPS) is 13.6. The summed E-state index contributed by atoms with van der Waals surface area (Å²) in [5, 5.41) is 11.1. The van der Waals surface area contributed by atoms with Crippen LogP contribution in [0.4, 0.5) is 10.8 Å². The summed E-state index contributed by atoms with van der Waals surface area (Å²) in [6.45, 7) is 7.46. The van der Waals surface area contributed by atoms with Gasteiger partial charge in [-0.1, -0.05) is 20.8 Å². The summed E-state index contributed by atoms with van der Waals surface area (Å²) < 4.78 is 1.74. The van der Waals surface area contributed by atoms with Gasteiger partial charge in [0.25, 0.3) is 5.91 Å². The highest BCUT2D eigenvalue weighted by molar-refractivity contribution is 7.18. The molecule has 134 valence electrons. The van der Waals surface area contributed by atoms with Gasteiger partial charge in [-0.05, 0) is 37.8 Å². The van der Waals surface area contributed by atoms with Gasteiger partial charge in [0.2, 0.25) is 5.91 Å². The van der Waals surface area contributed by atoms with Crippen LogP contribution in [0.5, 0.6) is 0 Å². The molecule has 0 bridgehead atoms. The molecule has 0 fully saturated rings. The zero-order valence-corrected chi connectivity index (χ0v) is 16.1. The van der Waals surface area contributed by atoms with Crippen LogP contribution in [0.25, 0.3) is 0 Å². The van der Waals surface area contributed by atoms with Crippen LogP contribution in [0, 0.1) is 12.3 Å². The van der Waals surface area contributed by atoms with E-state index in [4.69, 9.17) is 0 Å². The van der Waals surface area contributed by atoms with Crippen LogP contribution in [-0.2, 0) is 24.7 Å². The molecule has 0 unspecified atom stereocenters. The number of aryl methyl sites for hydroxylation is 3. The van der Waals surface area contributed by atoms with E-state index in [0.717, 1.165) is 41.9 Å². The first kappa shape index (κ1) is 17.7.